The third-order valence-electron chi connectivity index (χ3n) is 6.13. The van der Waals surface area contributed by atoms with Gasteiger partial charge in [0.15, 0.2) is 0 Å². The molecule has 1 heterocycles. The molecule has 1 saturated carbocycles. The van der Waals surface area contributed by atoms with Crippen molar-refractivity contribution in [1.82, 2.24) is 10.2 Å². The van der Waals surface area contributed by atoms with Gasteiger partial charge in [-0.05, 0) is 50.3 Å². The predicted octanol–water partition coefficient (Wildman–Crippen LogP) is 3.87. The van der Waals surface area contributed by atoms with Gasteiger partial charge in [-0.15, -0.1) is 0 Å². The first-order valence-corrected chi connectivity index (χ1v) is 10.7. The maximum absolute atomic E-state index is 13.0. The molecule has 2 fully saturated rings. The number of morpholine rings is 1. The van der Waals surface area contributed by atoms with Crippen molar-refractivity contribution < 1.29 is 9.53 Å². The van der Waals surface area contributed by atoms with Crippen LogP contribution in [0, 0.1) is 13.8 Å². The molecule has 1 aliphatic carbocycles. The summed E-state index contributed by atoms with van der Waals surface area (Å²) >= 11 is 0. The van der Waals surface area contributed by atoms with E-state index in [1.165, 1.54) is 22.3 Å². The maximum Gasteiger partial charge on any atom is 0.230 e. The smallest absolute Gasteiger partial charge is 0.230 e. The number of benzene rings is 2. The number of amides is 1. The summed E-state index contributed by atoms with van der Waals surface area (Å²) in [5, 5.41) is 3.20. The quantitative estimate of drug-likeness (QED) is 0.811. The van der Waals surface area contributed by atoms with Crippen LogP contribution in [0.25, 0.3) is 0 Å². The fourth-order valence-corrected chi connectivity index (χ4v) is 4.50. The number of hydrogen-bond donors (Lipinski definition) is 1. The highest BCUT2D eigenvalue weighted by atomic mass is 16.5. The second-order valence-electron chi connectivity index (χ2n) is 8.88. The van der Waals surface area contributed by atoms with Gasteiger partial charge in [0.25, 0.3) is 0 Å². The first-order valence-electron chi connectivity index (χ1n) is 10.7. The molecule has 1 aliphatic heterocycles. The molecule has 1 unspecified atom stereocenters. The van der Waals surface area contributed by atoms with Crippen molar-refractivity contribution in [1.29, 1.82) is 0 Å². The number of nitrogens with one attached hydrogen (secondary N) is 1. The fraction of sp³-hybridized carbons (Fsp3) is 0.480. The van der Waals surface area contributed by atoms with Crippen LogP contribution < -0.4 is 5.32 Å². The van der Waals surface area contributed by atoms with Gasteiger partial charge in [-0.1, -0.05) is 53.6 Å². The molecule has 2 aliphatic rings. The minimum Gasteiger partial charge on any atom is -0.376 e. The molecule has 4 heteroatoms. The van der Waals surface area contributed by atoms with E-state index >= 15 is 0 Å². The number of carbonyl (C=O) groups excluding carboxylic acids is 1. The topological polar surface area (TPSA) is 41.6 Å². The molecule has 1 atom stereocenters. The third kappa shape index (κ3) is 4.71. The Morgan fingerprint density at radius 1 is 1.14 bits per heavy atom. The summed E-state index contributed by atoms with van der Waals surface area (Å²) in [6.07, 6.45) is 2.18. The molecule has 4 rings (SSSR count). The second-order valence-corrected chi connectivity index (χ2v) is 8.88. The van der Waals surface area contributed by atoms with Gasteiger partial charge in [0.1, 0.15) is 0 Å². The zero-order valence-corrected chi connectivity index (χ0v) is 17.8. The van der Waals surface area contributed by atoms with Crippen LogP contribution in [-0.4, -0.2) is 36.6 Å². The molecule has 0 aromatic heterocycles. The molecule has 1 amide bonds. The van der Waals surface area contributed by atoms with Crippen LogP contribution in [0.3, 0.4) is 0 Å². The molecule has 2 aromatic rings. The molecule has 0 radical (unpaired) electrons. The molecule has 1 saturated heterocycles. The third-order valence-corrected chi connectivity index (χ3v) is 6.13. The summed E-state index contributed by atoms with van der Waals surface area (Å²) in [4.78, 5) is 15.5. The van der Waals surface area contributed by atoms with Gasteiger partial charge in [0.2, 0.25) is 5.91 Å². The highest BCUT2D eigenvalue weighted by molar-refractivity contribution is 5.91. The second kappa shape index (κ2) is 8.29. The lowest BCUT2D eigenvalue weighted by Crippen LogP contribution is -2.40. The van der Waals surface area contributed by atoms with E-state index in [4.69, 9.17) is 4.74 Å². The van der Waals surface area contributed by atoms with E-state index in [1.54, 1.807) is 0 Å². The van der Waals surface area contributed by atoms with Crippen LogP contribution in [0.5, 0.6) is 0 Å². The Morgan fingerprint density at radius 3 is 2.55 bits per heavy atom. The van der Waals surface area contributed by atoms with E-state index in [1.807, 2.05) is 0 Å². The number of hydrogen-bond acceptors (Lipinski definition) is 3. The predicted molar refractivity (Wildman–Crippen MR) is 116 cm³/mol. The van der Waals surface area contributed by atoms with Gasteiger partial charge in [-0.25, -0.2) is 0 Å². The van der Waals surface area contributed by atoms with Gasteiger partial charge in [0, 0.05) is 26.2 Å². The Bertz CT molecular complexity index is 868. The summed E-state index contributed by atoms with van der Waals surface area (Å²) in [5.41, 5.74) is 5.75. The van der Waals surface area contributed by atoms with Gasteiger partial charge in [0.05, 0.1) is 18.1 Å². The number of ether oxygens (including phenoxy) is 1. The van der Waals surface area contributed by atoms with Gasteiger partial charge in [-0.3, -0.25) is 9.69 Å². The van der Waals surface area contributed by atoms with Crippen LogP contribution in [0.1, 0.15) is 47.6 Å². The molecule has 2 aromatic carbocycles. The van der Waals surface area contributed by atoms with E-state index in [0.717, 1.165) is 44.6 Å². The standard InChI is InChI=1S/C25H32N2O2/c1-18-11-19(2)13-23(12-18)25(7-8-25)24(28)26-15-21-5-4-6-22(14-21)17-27-9-10-29-20(3)16-27/h4-6,11-14,20H,7-10,15-17H2,1-3H3,(H,26,28). The van der Waals surface area contributed by atoms with Crippen molar-refractivity contribution >= 4 is 5.91 Å². The van der Waals surface area contributed by atoms with E-state index in [-0.39, 0.29) is 11.3 Å². The highest BCUT2D eigenvalue weighted by Gasteiger charge is 2.51. The number of aryl methyl sites for hydroxylation is 2. The number of nitrogens with zero attached hydrogens (tertiary/aromatic N) is 1. The van der Waals surface area contributed by atoms with E-state index in [0.29, 0.717) is 12.6 Å². The molecule has 154 valence electrons. The van der Waals surface area contributed by atoms with Gasteiger partial charge in [-0.2, -0.15) is 0 Å². The van der Waals surface area contributed by atoms with Crippen LogP contribution in [-0.2, 0) is 28.0 Å². The number of rotatable bonds is 6. The Balaban J connectivity index is 1.38. The van der Waals surface area contributed by atoms with Crippen LogP contribution in [0.15, 0.2) is 42.5 Å². The summed E-state index contributed by atoms with van der Waals surface area (Å²) in [7, 11) is 0. The van der Waals surface area contributed by atoms with Crippen molar-refractivity contribution in [3.8, 4) is 0 Å². The van der Waals surface area contributed by atoms with E-state index in [9.17, 15) is 4.79 Å². The maximum atomic E-state index is 13.0. The molecule has 0 spiro atoms. The Morgan fingerprint density at radius 2 is 1.86 bits per heavy atom. The van der Waals surface area contributed by atoms with Gasteiger partial charge < -0.3 is 10.1 Å². The lowest BCUT2D eigenvalue weighted by Gasteiger charge is -2.31. The monoisotopic (exact) mass is 392 g/mol. The first-order chi connectivity index (χ1) is 13.9. The Kier molecular flexibility index (Phi) is 5.75. The normalized spacial score (nSPS) is 21.0. The lowest BCUT2D eigenvalue weighted by atomic mass is 9.92. The average molecular weight is 393 g/mol. The molecule has 29 heavy (non-hydrogen) atoms. The molecular formula is C25H32N2O2. The average Bonchev–Trinajstić information content (AvgIpc) is 3.48. The van der Waals surface area contributed by atoms with Crippen molar-refractivity contribution in [2.75, 3.05) is 19.7 Å². The van der Waals surface area contributed by atoms with Crippen molar-refractivity contribution in [2.24, 2.45) is 0 Å². The van der Waals surface area contributed by atoms with Crippen molar-refractivity contribution in [3.05, 3.63) is 70.3 Å². The summed E-state index contributed by atoms with van der Waals surface area (Å²) < 4.78 is 5.63. The van der Waals surface area contributed by atoms with E-state index < -0.39 is 0 Å². The first kappa shape index (κ1) is 20.1. The van der Waals surface area contributed by atoms with Crippen molar-refractivity contribution in [2.45, 2.75) is 58.2 Å². The molecular weight excluding hydrogens is 360 g/mol. The Labute approximate surface area is 174 Å². The summed E-state index contributed by atoms with van der Waals surface area (Å²) in [5.74, 6) is 0.162. The van der Waals surface area contributed by atoms with E-state index in [2.05, 4.69) is 73.5 Å². The van der Waals surface area contributed by atoms with Crippen LogP contribution in [0.4, 0.5) is 0 Å². The zero-order valence-electron chi connectivity index (χ0n) is 17.8. The van der Waals surface area contributed by atoms with Gasteiger partial charge >= 0.3 is 0 Å². The minimum absolute atomic E-state index is 0.162. The minimum atomic E-state index is -0.321. The summed E-state index contributed by atoms with van der Waals surface area (Å²) in [6.45, 7) is 10.6. The van der Waals surface area contributed by atoms with Crippen LogP contribution in [0.2, 0.25) is 0 Å². The summed E-state index contributed by atoms with van der Waals surface area (Å²) in [6, 6.07) is 15.1. The highest BCUT2D eigenvalue weighted by Crippen LogP contribution is 2.48. The molecule has 0 bridgehead atoms. The zero-order chi connectivity index (χ0) is 20.4. The largest absolute Gasteiger partial charge is 0.376 e. The number of carbonyl (C=O) groups is 1. The molecule has 1 N–H and O–H groups in total. The SMILES string of the molecule is Cc1cc(C)cc(C2(C(=O)NCc3cccc(CN4CCOC(C)C4)c3)CC2)c1. The molecule has 4 nitrogen and oxygen atoms in total. The fourth-order valence-electron chi connectivity index (χ4n) is 4.50. The van der Waals surface area contributed by atoms with Crippen LogP contribution >= 0.6 is 0 Å². The van der Waals surface area contributed by atoms with Crippen molar-refractivity contribution in [3.63, 3.8) is 0 Å². The Hall–Kier alpha value is -2.17. The lowest BCUT2D eigenvalue weighted by molar-refractivity contribution is -0.123.